The Bertz CT molecular complexity index is 388. The Labute approximate surface area is 85.0 Å². The summed E-state index contributed by atoms with van der Waals surface area (Å²) >= 11 is 0. The van der Waals surface area contributed by atoms with Crippen LogP contribution >= 0.6 is 0 Å². The van der Waals surface area contributed by atoms with Gasteiger partial charge in [0.2, 0.25) is 0 Å². The number of aryl methyl sites for hydroxylation is 1. The van der Waals surface area contributed by atoms with Gasteiger partial charge in [0.1, 0.15) is 0 Å². The topological polar surface area (TPSA) is 7.60 Å². The lowest BCUT2D eigenvalue weighted by molar-refractivity contribution is 0.299. The molecule has 2 heteroatoms. The van der Waals surface area contributed by atoms with Gasteiger partial charge in [0.15, 0.2) is 5.69 Å². The SMILES string of the molecule is [C-]#[N+]c1ccc2c(c1)CCC2N(C)C. The van der Waals surface area contributed by atoms with Crippen LogP contribution in [0.3, 0.4) is 0 Å². The molecule has 0 radical (unpaired) electrons. The second-order valence-corrected chi connectivity index (χ2v) is 4.01. The molecule has 0 aliphatic heterocycles. The lowest BCUT2D eigenvalue weighted by Crippen LogP contribution is -2.17. The van der Waals surface area contributed by atoms with Crippen molar-refractivity contribution in [2.75, 3.05) is 14.1 Å². The summed E-state index contributed by atoms with van der Waals surface area (Å²) in [5, 5.41) is 0. The van der Waals surface area contributed by atoms with Gasteiger partial charge < -0.3 is 4.90 Å². The molecule has 1 aliphatic rings. The maximum atomic E-state index is 6.96. The fourth-order valence-electron chi connectivity index (χ4n) is 2.19. The molecule has 1 unspecified atom stereocenters. The zero-order chi connectivity index (χ0) is 10.1. The van der Waals surface area contributed by atoms with Crippen molar-refractivity contribution in [3.05, 3.63) is 40.7 Å². The highest BCUT2D eigenvalue weighted by Crippen LogP contribution is 2.36. The van der Waals surface area contributed by atoms with E-state index in [9.17, 15) is 0 Å². The first-order valence-electron chi connectivity index (χ1n) is 4.89. The Hall–Kier alpha value is -1.33. The molecule has 0 heterocycles. The van der Waals surface area contributed by atoms with Gasteiger partial charge in [-0.25, -0.2) is 4.85 Å². The van der Waals surface area contributed by atoms with Gasteiger partial charge in [-0.3, -0.25) is 0 Å². The maximum absolute atomic E-state index is 6.96. The smallest absolute Gasteiger partial charge is 0.187 e. The Balaban J connectivity index is 2.39. The van der Waals surface area contributed by atoms with Crippen molar-refractivity contribution < 1.29 is 0 Å². The number of hydrogen-bond acceptors (Lipinski definition) is 1. The third-order valence-electron chi connectivity index (χ3n) is 2.93. The number of fused-ring (bicyclic) bond motifs is 1. The van der Waals surface area contributed by atoms with Crippen LogP contribution < -0.4 is 0 Å². The van der Waals surface area contributed by atoms with Crippen molar-refractivity contribution in [3.63, 3.8) is 0 Å². The average Bonchev–Trinajstić information content (AvgIpc) is 2.59. The molecular weight excluding hydrogens is 172 g/mol. The fourth-order valence-corrected chi connectivity index (χ4v) is 2.19. The fraction of sp³-hybridized carbons (Fsp3) is 0.417. The van der Waals surface area contributed by atoms with Gasteiger partial charge in [0, 0.05) is 6.04 Å². The molecule has 0 amide bonds. The standard InChI is InChI=1S/C12H14N2/c1-13-10-5-6-11-9(8-10)4-7-12(11)14(2)3/h5-6,8,12H,4,7H2,2-3H3. The van der Waals surface area contributed by atoms with Gasteiger partial charge in [0.25, 0.3) is 0 Å². The molecule has 1 atom stereocenters. The van der Waals surface area contributed by atoms with E-state index in [0.29, 0.717) is 6.04 Å². The predicted octanol–water partition coefficient (Wildman–Crippen LogP) is 2.79. The minimum absolute atomic E-state index is 0.546. The van der Waals surface area contributed by atoms with Crippen LogP contribution in [0.5, 0.6) is 0 Å². The first-order chi connectivity index (χ1) is 6.72. The Morgan fingerprint density at radius 1 is 1.43 bits per heavy atom. The summed E-state index contributed by atoms with van der Waals surface area (Å²) in [4.78, 5) is 5.71. The highest BCUT2D eigenvalue weighted by Gasteiger charge is 2.23. The van der Waals surface area contributed by atoms with E-state index in [4.69, 9.17) is 6.57 Å². The molecule has 2 nitrogen and oxygen atoms in total. The summed E-state index contributed by atoms with van der Waals surface area (Å²) in [5.41, 5.74) is 3.53. The van der Waals surface area contributed by atoms with E-state index in [-0.39, 0.29) is 0 Å². The minimum atomic E-state index is 0.546. The van der Waals surface area contributed by atoms with E-state index >= 15 is 0 Å². The van der Waals surface area contributed by atoms with E-state index in [0.717, 1.165) is 12.1 Å². The summed E-state index contributed by atoms with van der Waals surface area (Å²) in [5.74, 6) is 0. The lowest BCUT2D eigenvalue weighted by atomic mass is 10.1. The average molecular weight is 186 g/mol. The third kappa shape index (κ3) is 1.40. The van der Waals surface area contributed by atoms with Crippen LogP contribution in [0.1, 0.15) is 23.6 Å². The number of nitrogens with zero attached hydrogens (tertiary/aromatic N) is 2. The second kappa shape index (κ2) is 3.43. The Morgan fingerprint density at radius 2 is 2.21 bits per heavy atom. The molecule has 1 aromatic rings. The highest BCUT2D eigenvalue weighted by molar-refractivity contribution is 5.51. The van der Waals surface area contributed by atoms with E-state index < -0.39 is 0 Å². The van der Waals surface area contributed by atoms with Gasteiger partial charge in [0.05, 0.1) is 6.57 Å². The van der Waals surface area contributed by atoms with E-state index in [1.165, 1.54) is 17.5 Å². The van der Waals surface area contributed by atoms with Gasteiger partial charge >= 0.3 is 0 Å². The molecule has 0 bridgehead atoms. The minimum Gasteiger partial charge on any atom is -0.302 e. The normalized spacial score (nSPS) is 19.4. The zero-order valence-corrected chi connectivity index (χ0v) is 8.62. The quantitative estimate of drug-likeness (QED) is 0.612. The van der Waals surface area contributed by atoms with Crippen LogP contribution in [0.25, 0.3) is 4.85 Å². The van der Waals surface area contributed by atoms with Crippen LogP contribution in [0, 0.1) is 6.57 Å². The molecule has 1 aliphatic carbocycles. The molecule has 1 aromatic carbocycles. The van der Waals surface area contributed by atoms with Crippen LogP contribution in [0.2, 0.25) is 0 Å². The third-order valence-corrected chi connectivity index (χ3v) is 2.93. The summed E-state index contributed by atoms with van der Waals surface area (Å²) in [6.07, 6.45) is 2.30. The molecule has 14 heavy (non-hydrogen) atoms. The van der Waals surface area contributed by atoms with Gasteiger partial charge in [-0.05, 0) is 32.5 Å². The molecule has 0 saturated carbocycles. The Morgan fingerprint density at radius 3 is 2.86 bits per heavy atom. The van der Waals surface area contributed by atoms with Crippen molar-refractivity contribution in [1.82, 2.24) is 4.90 Å². The molecule has 0 spiro atoms. The van der Waals surface area contributed by atoms with Gasteiger partial charge in [-0.2, -0.15) is 0 Å². The number of hydrogen-bond donors (Lipinski definition) is 0. The van der Waals surface area contributed by atoms with Crippen molar-refractivity contribution in [1.29, 1.82) is 0 Å². The van der Waals surface area contributed by atoms with Gasteiger partial charge in [-0.15, -0.1) is 0 Å². The molecule has 0 fully saturated rings. The molecule has 0 aromatic heterocycles. The Kier molecular flexibility index (Phi) is 2.26. The maximum Gasteiger partial charge on any atom is 0.187 e. The largest absolute Gasteiger partial charge is 0.302 e. The summed E-state index contributed by atoms with van der Waals surface area (Å²) < 4.78 is 0. The second-order valence-electron chi connectivity index (χ2n) is 4.01. The van der Waals surface area contributed by atoms with Gasteiger partial charge in [-0.1, -0.05) is 23.8 Å². The summed E-state index contributed by atoms with van der Waals surface area (Å²) in [7, 11) is 4.23. The lowest BCUT2D eigenvalue weighted by Gasteiger charge is -2.19. The number of benzene rings is 1. The highest BCUT2D eigenvalue weighted by atomic mass is 15.1. The van der Waals surface area contributed by atoms with Crippen LogP contribution in [0.15, 0.2) is 18.2 Å². The molecule has 2 rings (SSSR count). The van der Waals surface area contributed by atoms with Crippen LogP contribution in [-0.4, -0.2) is 19.0 Å². The van der Waals surface area contributed by atoms with Crippen molar-refractivity contribution in [3.8, 4) is 0 Å². The van der Waals surface area contributed by atoms with Crippen LogP contribution in [0.4, 0.5) is 5.69 Å². The number of rotatable bonds is 1. The summed E-state index contributed by atoms with van der Waals surface area (Å²) in [6, 6.07) is 6.62. The molecule has 72 valence electrons. The van der Waals surface area contributed by atoms with Crippen molar-refractivity contribution in [2.24, 2.45) is 0 Å². The zero-order valence-electron chi connectivity index (χ0n) is 8.62. The predicted molar refractivity (Wildman–Crippen MR) is 57.5 cm³/mol. The van der Waals surface area contributed by atoms with E-state index in [2.05, 4.69) is 29.9 Å². The van der Waals surface area contributed by atoms with Crippen LogP contribution in [-0.2, 0) is 6.42 Å². The van der Waals surface area contributed by atoms with E-state index in [1.54, 1.807) is 0 Å². The van der Waals surface area contributed by atoms with Crippen molar-refractivity contribution >= 4 is 5.69 Å². The van der Waals surface area contributed by atoms with E-state index in [1.807, 2.05) is 12.1 Å². The van der Waals surface area contributed by atoms with Crippen molar-refractivity contribution in [2.45, 2.75) is 18.9 Å². The molecule has 0 N–H and O–H groups in total. The molecule has 0 saturated heterocycles. The first kappa shape index (κ1) is 9.23. The first-order valence-corrected chi connectivity index (χ1v) is 4.89. The molecular formula is C12H14N2. The summed E-state index contributed by atoms with van der Waals surface area (Å²) in [6.45, 7) is 6.96. The monoisotopic (exact) mass is 186 g/mol.